The third-order valence-electron chi connectivity index (χ3n) is 4.45. The standard InChI is InChI=1S/C12H17N.C4H6O6/c1-8-7-9-10(12(8,2)3)5-4-6-11(9)13;5-1(3(7)8)2(6)4(9)10/h4-6,8H,7,13H2,1-3H3;1-2,5-6H,(H,7,8)(H,9,10). The number of benzene rings is 1. The minimum absolute atomic E-state index is 0.296. The molecular weight excluding hydrogens is 302 g/mol. The SMILES string of the molecule is CC1Cc2c(N)cccc2C1(C)C.O=C(O)C(O)C(O)C(=O)O. The quantitative estimate of drug-likeness (QED) is 0.513. The maximum absolute atomic E-state index is 9.77. The lowest BCUT2D eigenvalue weighted by Gasteiger charge is -2.24. The van der Waals surface area contributed by atoms with E-state index in [1.54, 1.807) is 0 Å². The maximum Gasteiger partial charge on any atom is 0.335 e. The van der Waals surface area contributed by atoms with Gasteiger partial charge in [0.15, 0.2) is 12.2 Å². The summed E-state index contributed by atoms with van der Waals surface area (Å²) in [4.78, 5) is 19.5. The first-order chi connectivity index (χ1) is 10.5. The van der Waals surface area contributed by atoms with Crippen LogP contribution < -0.4 is 5.73 Å². The molecule has 0 bridgehead atoms. The number of hydrogen-bond acceptors (Lipinski definition) is 5. The lowest BCUT2D eigenvalue weighted by Crippen LogP contribution is -2.39. The van der Waals surface area contributed by atoms with Crippen molar-refractivity contribution in [3.8, 4) is 0 Å². The van der Waals surface area contributed by atoms with Gasteiger partial charge in [-0.2, -0.15) is 0 Å². The van der Waals surface area contributed by atoms with Crippen LogP contribution in [0, 0.1) is 5.92 Å². The summed E-state index contributed by atoms with van der Waals surface area (Å²) in [6.45, 7) is 6.92. The molecular formula is C16H23NO6. The summed E-state index contributed by atoms with van der Waals surface area (Å²) >= 11 is 0. The fourth-order valence-corrected chi connectivity index (χ4v) is 2.53. The minimum Gasteiger partial charge on any atom is -0.479 e. The van der Waals surface area contributed by atoms with Crippen LogP contribution in [0.4, 0.5) is 5.69 Å². The number of aliphatic hydroxyl groups excluding tert-OH is 2. The van der Waals surface area contributed by atoms with Gasteiger partial charge in [-0.15, -0.1) is 0 Å². The number of rotatable bonds is 3. The summed E-state index contributed by atoms with van der Waals surface area (Å²) in [5.74, 6) is -2.84. The molecule has 23 heavy (non-hydrogen) atoms. The monoisotopic (exact) mass is 325 g/mol. The number of fused-ring (bicyclic) bond motifs is 1. The molecule has 0 fully saturated rings. The summed E-state index contributed by atoms with van der Waals surface area (Å²) in [5, 5.41) is 32.5. The van der Waals surface area contributed by atoms with Gasteiger partial charge in [-0.05, 0) is 34.9 Å². The predicted octanol–water partition coefficient (Wildman–Crippen LogP) is 0.616. The van der Waals surface area contributed by atoms with Crippen molar-refractivity contribution in [3.63, 3.8) is 0 Å². The molecule has 1 aromatic rings. The zero-order valence-corrected chi connectivity index (χ0v) is 13.4. The normalized spacial score (nSPS) is 20.7. The Bertz CT molecular complexity index is 580. The van der Waals surface area contributed by atoms with Crippen molar-refractivity contribution < 1.29 is 30.0 Å². The Morgan fingerprint density at radius 2 is 1.65 bits per heavy atom. The van der Waals surface area contributed by atoms with E-state index in [0.29, 0.717) is 11.3 Å². The van der Waals surface area contributed by atoms with Gasteiger partial charge in [0, 0.05) is 5.69 Å². The molecule has 7 heteroatoms. The number of carboxylic acid groups (broad SMARTS) is 2. The van der Waals surface area contributed by atoms with Crippen molar-refractivity contribution in [1.29, 1.82) is 0 Å². The van der Waals surface area contributed by atoms with Gasteiger partial charge in [-0.3, -0.25) is 0 Å². The smallest absolute Gasteiger partial charge is 0.335 e. The van der Waals surface area contributed by atoms with Crippen LogP contribution in [0.3, 0.4) is 0 Å². The van der Waals surface area contributed by atoms with Gasteiger partial charge in [0.25, 0.3) is 0 Å². The highest BCUT2D eigenvalue weighted by atomic mass is 16.4. The predicted molar refractivity (Wildman–Crippen MR) is 84.0 cm³/mol. The minimum atomic E-state index is -2.27. The largest absolute Gasteiger partial charge is 0.479 e. The molecule has 3 atom stereocenters. The number of anilines is 1. The molecule has 6 N–H and O–H groups in total. The molecule has 3 unspecified atom stereocenters. The molecule has 1 aliphatic rings. The second-order valence-electron chi connectivity index (χ2n) is 6.27. The van der Waals surface area contributed by atoms with Crippen molar-refractivity contribution in [2.75, 3.05) is 5.73 Å². The molecule has 0 aromatic heterocycles. The Morgan fingerprint density at radius 1 is 1.17 bits per heavy atom. The first kappa shape index (κ1) is 18.9. The third kappa shape index (κ3) is 4.00. The van der Waals surface area contributed by atoms with Gasteiger partial charge < -0.3 is 26.2 Å². The molecule has 128 valence electrons. The van der Waals surface area contributed by atoms with E-state index in [1.165, 1.54) is 11.1 Å². The van der Waals surface area contributed by atoms with Gasteiger partial charge in [0.05, 0.1) is 0 Å². The maximum atomic E-state index is 9.77. The van der Waals surface area contributed by atoms with Gasteiger partial charge in [-0.25, -0.2) is 9.59 Å². The van der Waals surface area contributed by atoms with Crippen LogP contribution in [0.1, 0.15) is 31.9 Å². The highest BCUT2D eigenvalue weighted by molar-refractivity contribution is 5.83. The third-order valence-corrected chi connectivity index (χ3v) is 4.45. The van der Waals surface area contributed by atoms with Crippen LogP contribution in [-0.2, 0) is 21.4 Å². The number of carboxylic acids is 2. The lowest BCUT2D eigenvalue weighted by atomic mass is 9.80. The van der Waals surface area contributed by atoms with E-state index in [4.69, 9.17) is 26.2 Å². The van der Waals surface area contributed by atoms with Crippen molar-refractivity contribution in [3.05, 3.63) is 29.3 Å². The zero-order chi connectivity index (χ0) is 17.9. The second kappa shape index (κ2) is 6.97. The molecule has 0 spiro atoms. The summed E-state index contributed by atoms with van der Waals surface area (Å²) in [6.07, 6.45) is -3.40. The summed E-state index contributed by atoms with van der Waals surface area (Å²) in [7, 11) is 0. The van der Waals surface area contributed by atoms with E-state index in [9.17, 15) is 9.59 Å². The van der Waals surface area contributed by atoms with Crippen LogP contribution >= 0.6 is 0 Å². The van der Waals surface area contributed by atoms with Gasteiger partial charge >= 0.3 is 11.9 Å². The second-order valence-corrected chi connectivity index (χ2v) is 6.27. The fraction of sp³-hybridized carbons (Fsp3) is 0.500. The van der Waals surface area contributed by atoms with Crippen LogP contribution in [0.5, 0.6) is 0 Å². The average molecular weight is 325 g/mol. The summed E-state index contributed by atoms with van der Waals surface area (Å²) in [5.41, 5.74) is 10.0. The molecule has 0 saturated carbocycles. The Hall–Kier alpha value is -2.12. The van der Waals surface area contributed by atoms with E-state index >= 15 is 0 Å². The van der Waals surface area contributed by atoms with Crippen molar-refractivity contribution in [2.45, 2.75) is 44.8 Å². The molecule has 2 rings (SSSR count). The van der Waals surface area contributed by atoms with E-state index in [-0.39, 0.29) is 0 Å². The topological polar surface area (TPSA) is 141 Å². The summed E-state index contributed by atoms with van der Waals surface area (Å²) < 4.78 is 0. The van der Waals surface area contributed by atoms with Crippen LogP contribution in [0.15, 0.2) is 18.2 Å². The molecule has 0 radical (unpaired) electrons. The van der Waals surface area contributed by atoms with Crippen molar-refractivity contribution in [1.82, 2.24) is 0 Å². The van der Waals surface area contributed by atoms with Gasteiger partial charge in [0.2, 0.25) is 0 Å². The molecule has 0 aliphatic heterocycles. The van der Waals surface area contributed by atoms with Crippen LogP contribution in [0.2, 0.25) is 0 Å². The highest BCUT2D eigenvalue weighted by Crippen LogP contribution is 2.44. The first-order valence-electron chi connectivity index (χ1n) is 7.19. The highest BCUT2D eigenvalue weighted by Gasteiger charge is 2.37. The fourth-order valence-electron chi connectivity index (χ4n) is 2.53. The van der Waals surface area contributed by atoms with E-state index in [2.05, 4.69) is 32.9 Å². The molecule has 1 aromatic carbocycles. The molecule has 1 aliphatic carbocycles. The van der Waals surface area contributed by atoms with Crippen LogP contribution in [0.25, 0.3) is 0 Å². The zero-order valence-electron chi connectivity index (χ0n) is 13.4. The van der Waals surface area contributed by atoms with Crippen LogP contribution in [-0.4, -0.2) is 44.6 Å². The number of aliphatic hydroxyl groups is 2. The Labute approximate surface area is 134 Å². The molecule has 0 saturated heterocycles. The average Bonchev–Trinajstić information content (AvgIpc) is 2.70. The van der Waals surface area contributed by atoms with Crippen molar-refractivity contribution in [2.24, 2.45) is 5.92 Å². The molecule has 7 nitrogen and oxygen atoms in total. The first-order valence-corrected chi connectivity index (χ1v) is 7.19. The van der Waals surface area contributed by atoms with Gasteiger partial charge in [0.1, 0.15) is 0 Å². The number of nitrogens with two attached hydrogens (primary N) is 1. The number of nitrogen functional groups attached to an aromatic ring is 1. The number of aliphatic carboxylic acids is 2. The van der Waals surface area contributed by atoms with E-state index in [1.807, 2.05) is 6.07 Å². The van der Waals surface area contributed by atoms with E-state index < -0.39 is 24.1 Å². The Kier molecular flexibility index (Phi) is 5.74. The number of carbonyl (C=O) groups is 2. The van der Waals surface area contributed by atoms with E-state index in [0.717, 1.165) is 12.1 Å². The Balaban J connectivity index is 0.000000241. The van der Waals surface area contributed by atoms with Gasteiger partial charge in [-0.1, -0.05) is 32.9 Å². The summed E-state index contributed by atoms with van der Waals surface area (Å²) in [6, 6.07) is 6.29. The molecule has 0 amide bonds. The molecule has 0 heterocycles. The Morgan fingerprint density at radius 3 is 2.04 bits per heavy atom. The van der Waals surface area contributed by atoms with Crippen molar-refractivity contribution >= 4 is 17.6 Å². The lowest BCUT2D eigenvalue weighted by molar-refractivity contribution is -0.165. The number of hydrogen-bond donors (Lipinski definition) is 5.